The van der Waals surface area contributed by atoms with E-state index in [1.54, 1.807) is 6.92 Å². The van der Waals surface area contributed by atoms with Gasteiger partial charge in [0.1, 0.15) is 6.29 Å². The SMILES string of the molecule is CC(C=O)C[O]. The van der Waals surface area contributed by atoms with Crippen LogP contribution in [-0.4, -0.2) is 12.9 Å². The molecular weight excluding hydrogens is 80.0 g/mol. The van der Waals surface area contributed by atoms with Crippen molar-refractivity contribution in [2.24, 2.45) is 5.92 Å². The molecule has 0 fully saturated rings. The van der Waals surface area contributed by atoms with Crippen molar-refractivity contribution in [3.05, 3.63) is 0 Å². The monoisotopic (exact) mass is 87.0 g/mol. The first-order chi connectivity index (χ1) is 2.81. The van der Waals surface area contributed by atoms with Crippen molar-refractivity contribution in [2.75, 3.05) is 6.61 Å². The van der Waals surface area contributed by atoms with Gasteiger partial charge in [0.05, 0.1) is 6.61 Å². The van der Waals surface area contributed by atoms with Gasteiger partial charge >= 0.3 is 0 Å². The number of carbonyl (C=O) groups is 1. The van der Waals surface area contributed by atoms with E-state index in [0.29, 0.717) is 6.29 Å². The van der Waals surface area contributed by atoms with Gasteiger partial charge in [-0.1, -0.05) is 6.92 Å². The van der Waals surface area contributed by atoms with Gasteiger partial charge in [0.2, 0.25) is 0 Å². The smallest absolute Gasteiger partial charge is 0.125 e. The summed E-state index contributed by atoms with van der Waals surface area (Å²) >= 11 is 0. The molecule has 0 amide bonds. The van der Waals surface area contributed by atoms with Crippen LogP contribution >= 0.6 is 0 Å². The van der Waals surface area contributed by atoms with Gasteiger partial charge in [0, 0.05) is 5.92 Å². The molecule has 35 valence electrons. The number of rotatable bonds is 2. The molecule has 0 aliphatic carbocycles. The van der Waals surface area contributed by atoms with E-state index in [2.05, 4.69) is 0 Å². The first-order valence-corrected chi connectivity index (χ1v) is 1.84. The van der Waals surface area contributed by atoms with Crippen molar-refractivity contribution in [1.82, 2.24) is 0 Å². The minimum absolute atomic E-state index is 0.288. The molecule has 0 heterocycles. The second kappa shape index (κ2) is 2.85. The normalized spacial score (nSPS) is 13.7. The Morgan fingerprint density at radius 1 is 1.83 bits per heavy atom. The standard InChI is InChI=1S/C4H7O2/c1-4(2-5)3-6/h2,4H,3H2,1H3. The summed E-state index contributed by atoms with van der Waals surface area (Å²) in [6.07, 6.45) is 0.660. The van der Waals surface area contributed by atoms with Crippen LogP contribution in [0.4, 0.5) is 0 Å². The average Bonchev–Trinajstić information content (AvgIpc) is 1.65. The molecule has 0 saturated carbocycles. The van der Waals surface area contributed by atoms with Gasteiger partial charge < -0.3 is 4.79 Å². The van der Waals surface area contributed by atoms with Crippen molar-refractivity contribution in [3.8, 4) is 0 Å². The molecule has 0 spiro atoms. The Hall–Kier alpha value is -0.370. The second-order valence-electron chi connectivity index (χ2n) is 1.28. The van der Waals surface area contributed by atoms with Gasteiger partial charge in [-0.2, -0.15) is 0 Å². The summed E-state index contributed by atoms with van der Waals surface area (Å²) in [5, 5.41) is 9.63. The molecule has 0 aliphatic heterocycles. The Bertz CT molecular complexity index is 42.8. The van der Waals surface area contributed by atoms with Crippen LogP contribution in [0.5, 0.6) is 0 Å². The number of hydrogen-bond acceptors (Lipinski definition) is 1. The van der Waals surface area contributed by atoms with Crippen LogP contribution in [-0.2, 0) is 9.90 Å². The highest BCUT2D eigenvalue weighted by Crippen LogP contribution is 1.81. The van der Waals surface area contributed by atoms with Gasteiger partial charge in [0.25, 0.3) is 0 Å². The van der Waals surface area contributed by atoms with E-state index >= 15 is 0 Å². The highest BCUT2D eigenvalue weighted by molar-refractivity contribution is 5.52. The van der Waals surface area contributed by atoms with Gasteiger partial charge in [-0.25, -0.2) is 5.11 Å². The van der Waals surface area contributed by atoms with Crippen LogP contribution in [0, 0.1) is 5.92 Å². The quantitative estimate of drug-likeness (QED) is 0.445. The van der Waals surface area contributed by atoms with Crippen molar-refractivity contribution >= 4 is 6.29 Å². The number of aldehydes is 1. The average molecular weight is 87.1 g/mol. The molecule has 1 radical (unpaired) electrons. The van der Waals surface area contributed by atoms with Gasteiger partial charge in [-0.05, 0) is 0 Å². The molecule has 0 bridgehead atoms. The van der Waals surface area contributed by atoms with E-state index in [0.717, 1.165) is 0 Å². The molecule has 0 N–H and O–H groups in total. The highest BCUT2D eigenvalue weighted by Gasteiger charge is 1.92. The molecule has 1 atom stereocenters. The lowest BCUT2D eigenvalue weighted by Gasteiger charge is -1.86. The van der Waals surface area contributed by atoms with Gasteiger partial charge in [0.15, 0.2) is 0 Å². The van der Waals surface area contributed by atoms with Crippen LogP contribution < -0.4 is 0 Å². The first-order valence-electron chi connectivity index (χ1n) is 1.84. The largest absolute Gasteiger partial charge is 0.303 e. The van der Waals surface area contributed by atoms with Gasteiger partial charge in [-0.15, -0.1) is 0 Å². The van der Waals surface area contributed by atoms with E-state index in [4.69, 9.17) is 0 Å². The van der Waals surface area contributed by atoms with E-state index in [1.165, 1.54) is 0 Å². The summed E-state index contributed by atoms with van der Waals surface area (Å²) in [6, 6.07) is 0. The third-order valence-electron chi connectivity index (χ3n) is 0.495. The van der Waals surface area contributed by atoms with E-state index in [-0.39, 0.29) is 12.5 Å². The zero-order chi connectivity index (χ0) is 4.99. The maximum Gasteiger partial charge on any atom is 0.125 e. The summed E-state index contributed by atoms with van der Waals surface area (Å²) in [4.78, 5) is 9.54. The number of hydrogen-bond donors (Lipinski definition) is 0. The molecule has 0 rings (SSSR count). The maximum atomic E-state index is 9.63. The molecule has 2 heteroatoms. The van der Waals surface area contributed by atoms with E-state index < -0.39 is 0 Å². The molecule has 0 aromatic carbocycles. The zero-order valence-electron chi connectivity index (χ0n) is 3.68. The van der Waals surface area contributed by atoms with Crippen LogP contribution in [0.3, 0.4) is 0 Å². The Morgan fingerprint density at radius 2 is 2.33 bits per heavy atom. The Labute approximate surface area is 36.8 Å². The summed E-state index contributed by atoms with van der Waals surface area (Å²) in [5.74, 6) is -0.301. The lowest BCUT2D eigenvalue weighted by atomic mass is 10.2. The second-order valence-corrected chi connectivity index (χ2v) is 1.28. The maximum absolute atomic E-state index is 9.63. The number of carbonyl (C=O) groups excluding carboxylic acids is 1. The summed E-state index contributed by atoms with van der Waals surface area (Å²) in [5.41, 5.74) is 0. The van der Waals surface area contributed by atoms with E-state index in [1.807, 2.05) is 0 Å². The Balaban J connectivity index is 2.96. The molecule has 0 aliphatic rings. The van der Waals surface area contributed by atoms with Crippen molar-refractivity contribution < 1.29 is 9.90 Å². The van der Waals surface area contributed by atoms with Crippen molar-refractivity contribution in [3.63, 3.8) is 0 Å². The van der Waals surface area contributed by atoms with Crippen molar-refractivity contribution in [1.29, 1.82) is 0 Å². The Kier molecular flexibility index (Phi) is 2.67. The fraction of sp³-hybridized carbons (Fsp3) is 0.750. The third-order valence-corrected chi connectivity index (χ3v) is 0.495. The zero-order valence-corrected chi connectivity index (χ0v) is 3.68. The van der Waals surface area contributed by atoms with Crippen LogP contribution in [0.15, 0.2) is 0 Å². The third kappa shape index (κ3) is 1.91. The fourth-order valence-corrected chi connectivity index (χ4v) is 0.0393. The Morgan fingerprint density at radius 3 is 2.33 bits per heavy atom. The summed E-state index contributed by atoms with van der Waals surface area (Å²) in [6.45, 7) is 1.31. The van der Waals surface area contributed by atoms with Crippen molar-refractivity contribution in [2.45, 2.75) is 6.92 Å². The molecule has 0 aromatic heterocycles. The molecule has 0 aromatic rings. The minimum Gasteiger partial charge on any atom is -0.303 e. The van der Waals surface area contributed by atoms with Gasteiger partial charge in [-0.3, -0.25) is 0 Å². The topological polar surface area (TPSA) is 37.0 Å². The first kappa shape index (κ1) is 5.63. The van der Waals surface area contributed by atoms with Crippen LogP contribution in [0.1, 0.15) is 6.92 Å². The van der Waals surface area contributed by atoms with E-state index in [9.17, 15) is 9.90 Å². The molecule has 6 heavy (non-hydrogen) atoms. The summed E-state index contributed by atoms with van der Waals surface area (Å²) < 4.78 is 0. The van der Waals surface area contributed by atoms with Crippen LogP contribution in [0.2, 0.25) is 0 Å². The predicted octanol–water partition coefficient (Wildman–Crippen LogP) is 0.252. The fourth-order valence-electron chi connectivity index (χ4n) is 0.0393. The highest BCUT2D eigenvalue weighted by atomic mass is 16.3. The lowest BCUT2D eigenvalue weighted by molar-refractivity contribution is -0.112. The lowest BCUT2D eigenvalue weighted by Crippen LogP contribution is -1.98. The van der Waals surface area contributed by atoms with Crippen LogP contribution in [0.25, 0.3) is 0 Å². The molecule has 1 unspecified atom stereocenters. The minimum atomic E-state index is -0.301. The molecule has 2 nitrogen and oxygen atoms in total. The summed E-state index contributed by atoms with van der Waals surface area (Å²) in [7, 11) is 0. The molecule has 0 saturated heterocycles. The molecular formula is C4H7O2. The predicted molar refractivity (Wildman–Crippen MR) is 20.8 cm³/mol.